The van der Waals surface area contributed by atoms with Crippen molar-refractivity contribution in [2.24, 2.45) is 0 Å². The third kappa shape index (κ3) is 3.18. The van der Waals surface area contributed by atoms with Gasteiger partial charge in [0.2, 0.25) is 10.0 Å². The van der Waals surface area contributed by atoms with Crippen LogP contribution in [-0.4, -0.2) is 25.3 Å². The van der Waals surface area contributed by atoms with E-state index in [1.807, 2.05) is 6.92 Å². The van der Waals surface area contributed by atoms with Gasteiger partial charge in [-0.1, -0.05) is 19.8 Å². The molecule has 1 fully saturated rings. The first kappa shape index (κ1) is 16.2. The highest BCUT2D eigenvalue weighted by Gasteiger charge is 2.33. The molecular formula is C14H20F2N2O2S. The van der Waals surface area contributed by atoms with Crippen LogP contribution in [0.4, 0.5) is 14.5 Å². The molecule has 1 saturated heterocycles. The van der Waals surface area contributed by atoms with Crippen molar-refractivity contribution in [3.8, 4) is 0 Å². The summed E-state index contributed by atoms with van der Waals surface area (Å²) in [7, 11) is -4.00. The second-order valence-corrected chi connectivity index (χ2v) is 7.19. The van der Waals surface area contributed by atoms with E-state index in [-0.39, 0.29) is 11.7 Å². The van der Waals surface area contributed by atoms with Crippen LogP contribution >= 0.6 is 0 Å². The number of benzene rings is 1. The van der Waals surface area contributed by atoms with Crippen LogP contribution in [-0.2, 0) is 10.0 Å². The number of rotatable bonds is 3. The fraction of sp³-hybridized carbons (Fsp3) is 0.571. The molecule has 4 nitrogen and oxygen atoms in total. The molecule has 0 bridgehead atoms. The number of sulfonamides is 1. The Balaban J connectivity index is 2.47. The number of nitrogen functional groups attached to an aromatic ring is 1. The number of hydrogen-bond donors (Lipinski definition) is 1. The Hall–Kier alpha value is -1.21. The second-order valence-electron chi connectivity index (χ2n) is 5.33. The maximum atomic E-state index is 13.9. The van der Waals surface area contributed by atoms with Crippen LogP contribution in [0, 0.1) is 11.6 Å². The van der Waals surface area contributed by atoms with E-state index in [4.69, 9.17) is 5.73 Å². The smallest absolute Gasteiger partial charge is 0.246 e. The molecule has 1 heterocycles. The van der Waals surface area contributed by atoms with E-state index in [2.05, 4.69) is 0 Å². The molecular weight excluding hydrogens is 298 g/mol. The van der Waals surface area contributed by atoms with E-state index in [1.54, 1.807) is 0 Å². The van der Waals surface area contributed by atoms with Crippen LogP contribution in [0.25, 0.3) is 0 Å². The van der Waals surface area contributed by atoms with E-state index in [0.717, 1.165) is 31.7 Å². The Bertz CT molecular complexity index is 620. The second kappa shape index (κ2) is 6.27. The molecule has 0 aliphatic carbocycles. The van der Waals surface area contributed by atoms with Crippen molar-refractivity contribution in [2.75, 3.05) is 12.3 Å². The highest BCUT2D eigenvalue weighted by atomic mass is 32.2. The normalized spacial score (nSPS) is 21.2. The molecule has 0 aromatic heterocycles. The topological polar surface area (TPSA) is 63.4 Å². The summed E-state index contributed by atoms with van der Waals surface area (Å²) in [4.78, 5) is -0.540. The molecule has 0 saturated carbocycles. The molecule has 1 unspecified atom stereocenters. The lowest BCUT2D eigenvalue weighted by atomic mass is 10.1. The average Bonchev–Trinajstić information content (AvgIpc) is 2.68. The minimum atomic E-state index is -4.00. The van der Waals surface area contributed by atoms with Crippen molar-refractivity contribution < 1.29 is 17.2 Å². The zero-order valence-corrected chi connectivity index (χ0v) is 12.8. The monoisotopic (exact) mass is 318 g/mol. The van der Waals surface area contributed by atoms with Crippen LogP contribution in [0.15, 0.2) is 17.0 Å². The predicted molar refractivity (Wildman–Crippen MR) is 77.2 cm³/mol. The van der Waals surface area contributed by atoms with Gasteiger partial charge in [0.15, 0.2) is 0 Å². The molecule has 0 radical (unpaired) electrons. The van der Waals surface area contributed by atoms with Gasteiger partial charge in [0, 0.05) is 18.7 Å². The molecule has 7 heteroatoms. The first-order chi connectivity index (χ1) is 9.87. The lowest BCUT2D eigenvalue weighted by Gasteiger charge is -2.28. The summed E-state index contributed by atoms with van der Waals surface area (Å²) in [6.07, 6.45) is 4.08. The van der Waals surface area contributed by atoms with E-state index < -0.39 is 26.6 Å². The standard InChI is InChI=1S/C14H20F2N2O2S/c1-2-10-6-4-3-5-7-18(10)21(19,20)14-9-13(17)11(15)8-12(14)16/h8-10H,2-7,17H2,1H3. The van der Waals surface area contributed by atoms with Gasteiger partial charge in [0.1, 0.15) is 16.5 Å². The van der Waals surface area contributed by atoms with Crippen LogP contribution in [0.2, 0.25) is 0 Å². The molecule has 1 aliphatic heterocycles. The summed E-state index contributed by atoms with van der Waals surface area (Å²) < 4.78 is 53.9. The molecule has 0 amide bonds. The Labute approximate surface area is 124 Å². The van der Waals surface area contributed by atoms with Gasteiger partial charge in [-0.05, 0) is 25.3 Å². The molecule has 21 heavy (non-hydrogen) atoms. The molecule has 118 valence electrons. The van der Waals surface area contributed by atoms with E-state index in [0.29, 0.717) is 19.0 Å². The summed E-state index contributed by atoms with van der Waals surface area (Å²) in [6.45, 7) is 2.27. The van der Waals surface area contributed by atoms with Gasteiger partial charge in [-0.25, -0.2) is 17.2 Å². The summed E-state index contributed by atoms with van der Waals surface area (Å²) in [6, 6.07) is 1.25. The fourth-order valence-electron chi connectivity index (χ4n) is 2.74. The lowest BCUT2D eigenvalue weighted by molar-refractivity contribution is 0.313. The minimum Gasteiger partial charge on any atom is -0.396 e. The number of hydrogen-bond acceptors (Lipinski definition) is 3. The van der Waals surface area contributed by atoms with Crippen LogP contribution in [0.5, 0.6) is 0 Å². The zero-order chi connectivity index (χ0) is 15.6. The van der Waals surface area contributed by atoms with Crippen molar-refractivity contribution >= 4 is 15.7 Å². The predicted octanol–water partition coefficient (Wildman–Crippen LogP) is 2.89. The zero-order valence-electron chi connectivity index (χ0n) is 12.0. The SMILES string of the molecule is CCC1CCCCCN1S(=O)(=O)c1cc(N)c(F)cc1F. The molecule has 1 aromatic carbocycles. The van der Waals surface area contributed by atoms with Crippen LogP contribution < -0.4 is 5.73 Å². The Morgan fingerprint density at radius 2 is 1.95 bits per heavy atom. The van der Waals surface area contributed by atoms with E-state index in [1.165, 1.54) is 4.31 Å². The first-order valence-corrected chi connectivity index (χ1v) is 8.58. The number of nitrogens with zero attached hydrogens (tertiary/aromatic N) is 1. The molecule has 2 N–H and O–H groups in total. The maximum Gasteiger partial charge on any atom is 0.246 e. The largest absolute Gasteiger partial charge is 0.396 e. The lowest BCUT2D eigenvalue weighted by Crippen LogP contribution is -2.40. The Kier molecular flexibility index (Phi) is 4.83. The summed E-state index contributed by atoms with van der Waals surface area (Å²) in [5.74, 6) is -2.05. The fourth-order valence-corrected chi connectivity index (χ4v) is 4.59. The Morgan fingerprint density at radius 3 is 2.62 bits per heavy atom. The third-order valence-corrected chi connectivity index (χ3v) is 5.90. The van der Waals surface area contributed by atoms with E-state index >= 15 is 0 Å². The molecule has 0 spiro atoms. The van der Waals surface area contributed by atoms with Crippen molar-refractivity contribution in [3.63, 3.8) is 0 Å². The van der Waals surface area contributed by atoms with Gasteiger partial charge in [-0.2, -0.15) is 4.31 Å². The highest BCUT2D eigenvalue weighted by Crippen LogP contribution is 2.29. The average molecular weight is 318 g/mol. The Morgan fingerprint density at radius 1 is 1.24 bits per heavy atom. The summed E-state index contributed by atoms with van der Waals surface area (Å²) in [5.41, 5.74) is 5.03. The maximum absolute atomic E-state index is 13.9. The van der Waals surface area contributed by atoms with E-state index in [9.17, 15) is 17.2 Å². The number of nitrogens with two attached hydrogens (primary N) is 1. The highest BCUT2D eigenvalue weighted by molar-refractivity contribution is 7.89. The van der Waals surface area contributed by atoms with Gasteiger partial charge < -0.3 is 5.73 Å². The van der Waals surface area contributed by atoms with Crippen molar-refractivity contribution in [1.29, 1.82) is 0 Å². The summed E-state index contributed by atoms with van der Waals surface area (Å²) >= 11 is 0. The number of halogens is 2. The van der Waals surface area contributed by atoms with Crippen LogP contribution in [0.1, 0.15) is 39.0 Å². The van der Waals surface area contributed by atoms with Crippen molar-refractivity contribution in [3.05, 3.63) is 23.8 Å². The summed E-state index contributed by atoms with van der Waals surface area (Å²) in [5, 5.41) is 0. The quantitative estimate of drug-likeness (QED) is 0.872. The molecule has 1 aromatic rings. The van der Waals surface area contributed by atoms with Gasteiger partial charge in [-0.3, -0.25) is 0 Å². The van der Waals surface area contributed by atoms with Gasteiger partial charge in [0.25, 0.3) is 0 Å². The molecule has 1 atom stereocenters. The minimum absolute atomic E-state index is 0.150. The van der Waals surface area contributed by atoms with Crippen LogP contribution in [0.3, 0.4) is 0 Å². The number of anilines is 1. The van der Waals surface area contributed by atoms with Gasteiger partial charge in [-0.15, -0.1) is 0 Å². The molecule has 2 rings (SSSR count). The molecule has 1 aliphatic rings. The van der Waals surface area contributed by atoms with Crippen molar-refractivity contribution in [1.82, 2.24) is 4.31 Å². The van der Waals surface area contributed by atoms with Crippen molar-refractivity contribution in [2.45, 2.75) is 50.0 Å². The third-order valence-electron chi connectivity index (χ3n) is 3.93. The van der Waals surface area contributed by atoms with Gasteiger partial charge >= 0.3 is 0 Å². The first-order valence-electron chi connectivity index (χ1n) is 7.14. The van der Waals surface area contributed by atoms with Gasteiger partial charge in [0.05, 0.1) is 5.69 Å².